The lowest BCUT2D eigenvalue weighted by Crippen LogP contribution is -2.06. The van der Waals surface area contributed by atoms with Gasteiger partial charge in [-0.05, 0) is 26.8 Å². The molecule has 0 bridgehead atoms. The Kier molecular flexibility index (Phi) is 2.87. The van der Waals surface area contributed by atoms with Gasteiger partial charge in [-0.25, -0.2) is 4.98 Å². The van der Waals surface area contributed by atoms with E-state index in [1.54, 1.807) is 0 Å². The summed E-state index contributed by atoms with van der Waals surface area (Å²) >= 11 is 0. The first-order valence-corrected chi connectivity index (χ1v) is 5.51. The summed E-state index contributed by atoms with van der Waals surface area (Å²) < 4.78 is 0. The topological polar surface area (TPSA) is 40.7 Å². The average Bonchev–Trinajstić information content (AvgIpc) is 2.74. The van der Waals surface area contributed by atoms with E-state index < -0.39 is 0 Å². The first-order chi connectivity index (χ1) is 6.81. The molecular weight excluding hydrogens is 174 g/mol. The number of aromatic amines is 1. The standard InChI is InChI=1S/C11H19N3/c1-8-11(9-5-3-4-6-9)14-10(13-8)7-12-2/h9,12H,3-7H2,1-2H3,(H,13,14). The lowest BCUT2D eigenvalue weighted by atomic mass is 10.0. The predicted molar refractivity (Wildman–Crippen MR) is 57.3 cm³/mol. The van der Waals surface area contributed by atoms with E-state index in [0.717, 1.165) is 18.3 Å². The Morgan fingerprint density at radius 3 is 2.79 bits per heavy atom. The number of hydrogen-bond donors (Lipinski definition) is 2. The number of aryl methyl sites for hydroxylation is 1. The van der Waals surface area contributed by atoms with Crippen LogP contribution in [0.1, 0.15) is 48.8 Å². The lowest BCUT2D eigenvalue weighted by Gasteiger charge is -2.05. The van der Waals surface area contributed by atoms with Crippen molar-refractivity contribution < 1.29 is 0 Å². The van der Waals surface area contributed by atoms with Crippen molar-refractivity contribution in [2.24, 2.45) is 0 Å². The van der Waals surface area contributed by atoms with E-state index in [-0.39, 0.29) is 0 Å². The van der Waals surface area contributed by atoms with Crippen molar-refractivity contribution in [1.29, 1.82) is 0 Å². The zero-order valence-corrected chi connectivity index (χ0v) is 9.06. The fraction of sp³-hybridized carbons (Fsp3) is 0.727. The Labute approximate surface area is 85.3 Å². The molecule has 2 N–H and O–H groups in total. The molecule has 0 aliphatic heterocycles. The third kappa shape index (κ3) is 1.82. The van der Waals surface area contributed by atoms with Crippen LogP contribution in [0.25, 0.3) is 0 Å². The fourth-order valence-electron chi connectivity index (χ4n) is 2.39. The van der Waals surface area contributed by atoms with E-state index in [0.29, 0.717) is 0 Å². The van der Waals surface area contributed by atoms with E-state index in [9.17, 15) is 0 Å². The third-order valence-corrected chi connectivity index (χ3v) is 3.06. The molecule has 1 aliphatic rings. The van der Waals surface area contributed by atoms with E-state index in [4.69, 9.17) is 0 Å². The number of imidazole rings is 1. The van der Waals surface area contributed by atoms with Crippen molar-refractivity contribution in [2.45, 2.75) is 45.1 Å². The zero-order valence-electron chi connectivity index (χ0n) is 9.06. The monoisotopic (exact) mass is 193 g/mol. The van der Waals surface area contributed by atoms with Gasteiger partial charge in [-0.15, -0.1) is 0 Å². The van der Waals surface area contributed by atoms with Gasteiger partial charge < -0.3 is 10.3 Å². The van der Waals surface area contributed by atoms with Crippen LogP contribution in [0, 0.1) is 6.92 Å². The summed E-state index contributed by atoms with van der Waals surface area (Å²) in [5, 5.41) is 3.12. The molecule has 0 amide bonds. The van der Waals surface area contributed by atoms with Crippen LogP contribution < -0.4 is 5.32 Å². The molecule has 1 saturated carbocycles. The minimum atomic E-state index is 0.719. The Bertz CT molecular complexity index is 297. The van der Waals surface area contributed by atoms with Crippen LogP contribution in [0.5, 0.6) is 0 Å². The molecule has 0 atom stereocenters. The molecule has 2 rings (SSSR count). The summed E-state index contributed by atoms with van der Waals surface area (Å²) in [5.41, 5.74) is 2.58. The van der Waals surface area contributed by atoms with Crippen LogP contribution >= 0.6 is 0 Å². The highest BCUT2D eigenvalue weighted by molar-refractivity contribution is 5.18. The molecule has 1 fully saturated rings. The second kappa shape index (κ2) is 4.13. The number of aromatic nitrogens is 2. The summed E-state index contributed by atoms with van der Waals surface area (Å²) in [5.74, 6) is 1.80. The van der Waals surface area contributed by atoms with Crippen molar-refractivity contribution >= 4 is 0 Å². The van der Waals surface area contributed by atoms with E-state index in [2.05, 4.69) is 22.2 Å². The number of H-pyrrole nitrogens is 1. The minimum Gasteiger partial charge on any atom is -0.345 e. The molecule has 0 unspecified atom stereocenters. The first-order valence-electron chi connectivity index (χ1n) is 5.51. The van der Waals surface area contributed by atoms with Crippen LogP contribution in [0.2, 0.25) is 0 Å². The smallest absolute Gasteiger partial charge is 0.120 e. The Balaban J connectivity index is 2.15. The summed E-state index contributed by atoms with van der Waals surface area (Å²) in [6.45, 7) is 2.98. The predicted octanol–water partition coefficient (Wildman–Crippen LogP) is 2.10. The van der Waals surface area contributed by atoms with Crippen molar-refractivity contribution in [3.05, 3.63) is 17.2 Å². The van der Waals surface area contributed by atoms with Gasteiger partial charge in [-0.3, -0.25) is 0 Å². The third-order valence-electron chi connectivity index (χ3n) is 3.06. The van der Waals surface area contributed by atoms with Gasteiger partial charge in [-0.2, -0.15) is 0 Å². The Morgan fingerprint density at radius 1 is 1.43 bits per heavy atom. The van der Waals surface area contributed by atoms with Gasteiger partial charge in [0.1, 0.15) is 5.82 Å². The molecule has 1 aromatic heterocycles. The maximum atomic E-state index is 4.66. The average molecular weight is 193 g/mol. The highest BCUT2D eigenvalue weighted by atomic mass is 15.0. The highest BCUT2D eigenvalue weighted by Gasteiger charge is 2.21. The molecule has 3 heteroatoms. The lowest BCUT2D eigenvalue weighted by molar-refractivity contribution is 0.689. The van der Waals surface area contributed by atoms with Gasteiger partial charge in [0.25, 0.3) is 0 Å². The van der Waals surface area contributed by atoms with Crippen LogP contribution in [0.3, 0.4) is 0 Å². The van der Waals surface area contributed by atoms with Gasteiger partial charge in [0.2, 0.25) is 0 Å². The van der Waals surface area contributed by atoms with Crippen molar-refractivity contribution in [3.8, 4) is 0 Å². The zero-order chi connectivity index (χ0) is 9.97. The second-order valence-corrected chi connectivity index (χ2v) is 4.21. The van der Waals surface area contributed by atoms with Gasteiger partial charge >= 0.3 is 0 Å². The highest BCUT2D eigenvalue weighted by Crippen LogP contribution is 2.34. The molecule has 0 saturated heterocycles. The van der Waals surface area contributed by atoms with Crippen molar-refractivity contribution in [2.75, 3.05) is 7.05 Å². The molecule has 0 aromatic carbocycles. The minimum absolute atomic E-state index is 0.719. The molecular formula is C11H19N3. The summed E-state index contributed by atoms with van der Waals surface area (Å²) in [7, 11) is 1.95. The van der Waals surface area contributed by atoms with Crippen LogP contribution in [-0.4, -0.2) is 17.0 Å². The van der Waals surface area contributed by atoms with Crippen molar-refractivity contribution in [3.63, 3.8) is 0 Å². The number of nitrogens with one attached hydrogen (secondary N) is 2. The van der Waals surface area contributed by atoms with Gasteiger partial charge in [0, 0.05) is 11.6 Å². The molecule has 3 nitrogen and oxygen atoms in total. The van der Waals surface area contributed by atoms with Gasteiger partial charge in [-0.1, -0.05) is 12.8 Å². The van der Waals surface area contributed by atoms with E-state index >= 15 is 0 Å². The van der Waals surface area contributed by atoms with E-state index in [1.165, 1.54) is 37.1 Å². The number of hydrogen-bond acceptors (Lipinski definition) is 2. The summed E-state index contributed by atoms with van der Waals surface area (Å²) in [6, 6.07) is 0. The largest absolute Gasteiger partial charge is 0.345 e. The molecule has 0 spiro atoms. The van der Waals surface area contributed by atoms with Crippen LogP contribution in [0.4, 0.5) is 0 Å². The molecule has 14 heavy (non-hydrogen) atoms. The van der Waals surface area contributed by atoms with E-state index in [1.807, 2.05) is 7.05 Å². The SMILES string of the molecule is CNCc1nc(C2CCCC2)c(C)[nH]1. The van der Waals surface area contributed by atoms with Gasteiger partial charge in [0.15, 0.2) is 0 Å². The molecule has 0 radical (unpaired) electrons. The number of rotatable bonds is 3. The maximum Gasteiger partial charge on any atom is 0.120 e. The fourth-order valence-corrected chi connectivity index (χ4v) is 2.39. The van der Waals surface area contributed by atoms with Crippen LogP contribution in [0.15, 0.2) is 0 Å². The first kappa shape index (κ1) is 9.71. The Morgan fingerprint density at radius 2 is 2.14 bits per heavy atom. The Hall–Kier alpha value is -0.830. The van der Waals surface area contributed by atoms with Crippen molar-refractivity contribution in [1.82, 2.24) is 15.3 Å². The van der Waals surface area contributed by atoms with Gasteiger partial charge in [0.05, 0.1) is 12.2 Å². The molecule has 1 aliphatic carbocycles. The number of nitrogens with zero attached hydrogens (tertiary/aromatic N) is 1. The quantitative estimate of drug-likeness (QED) is 0.771. The second-order valence-electron chi connectivity index (χ2n) is 4.21. The maximum absolute atomic E-state index is 4.66. The van der Waals surface area contributed by atoms with Crippen LogP contribution in [-0.2, 0) is 6.54 Å². The summed E-state index contributed by atoms with van der Waals surface area (Å²) in [6.07, 6.45) is 5.39. The normalized spacial score (nSPS) is 17.9. The molecule has 1 aromatic rings. The molecule has 78 valence electrons. The summed E-state index contributed by atoms with van der Waals surface area (Å²) in [4.78, 5) is 8.01. The molecule has 1 heterocycles.